The lowest BCUT2D eigenvalue weighted by molar-refractivity contribution is -0.142. The molecule has 3 nitrogen and oxygen atoms in total. The summed E-state index contributed by atoms with van der Waals surface area (Å²) in [4.78, 5) is 13.3. The average Bonchev–Trinajstić information content (AvgIpc) is 2.25. The Hall–Kier alpha value is -1.51. The van der Waals surface area contributed by atoms with E-state index in [0.717, 1.165) is 5.69 Å². The minimum atomic E-state index is -0.135. The van der Waals surface area contributed by atoms with Gasteiger partial charge in [-0.05, 0) is 44.0 Å². The minimum absolute atomic E-state index is 0.135. The lowest BCUT2D eigenvalue weighted by atomic mass is 10.1. The van der Waals surface area contributed by atoms with Crippen LogP contribution in [0.15, 0.2) is 18.2 Å². The maximum atomic E-state index is 11.3. The average molecular weight is 235 g/mol. The van der Waals surface area contributed by atoms with Crippen molar-refractivity contribution < 1.29 is 9.53 Å². The van der Waals surface area contributed by atoms with Crippen LogP contribution in [0.3, 0.4) is 0 Å². The van der Waals surface area contributed by atoms with Gasteiger partial charge in [-0.1, -0.05) is 6.07 Å². The van der Waals surface area contributed by atoms with Crippen molar-refractivity contribution in [2.24, 2.45) is 0 Å². The number of carbonyl (C=O) groups excluding carboxylic acids is 1. The van der Waals surface area contributed by atoms with E-state index in [1.807, 2.05) is 14.0 Å². The van der Waals surface area contributed by atoms with Crippen LogP contribution in [0.1, 0.15) is 24.5 Å². The van der Waals surface area contributed by atoms with Crippen LogP contribution in [0.2, 0.25) is 0 Å². The van der Waals surface area contributed by atoms with E-state index in [0.29, 0.717) is 19.6 Å². The Morgan fingerprint density at radius 2 is 1.82 bits per heavy atom. The smallest absolute Gasteiger partial charge is 0.307 e. The fraction of sp³-hybridized carbons (Fsp3) is 0.500. The summed E-state index contributed by atoms with van der Waals surface area (Å²) in [5.74, 6) is -0.135. The van der Waals surface area contributed by atoms with Gasteiger partial charge in [-0.15, -0.1) is 0 Å². The van der Waals surface area contributed by atoms with Crippen LogP contribution in [0.5, 0.6) is 0 Å². The monoisotopic (exact) mass is 235 g/mol. The molecule has 0 aliphatic rings. The molecule has 1 rings (SSSR count). The zero-order valence-corrected chi connectivity index (χ0v) is 11.1. The highest BCUT2D eigenvalue weighted by molar-refractivity contribution is 5.70. The topological polar surface area (TPSA) is 29.5 Å². The van der Waals surface area contributed by atoms with Crippen molar-refractivity contribution in [2.45, 2.75) is 27.2 Å². The first-order chi connectivity index (χ1) is 8.02. The lowest BCUT2D eigenvalue weighted by Crippen LogP contribution is -2.22. The minimum Gasteiger partial charge on any atom is -0.466 e. The van der Waals surface area contributed by atoms with Gasteiger partial charge in [0.15, 0.2) is 0 Å². The van der Waals surface area contributed by atoms with Gasteiger partial charge >= 0.3 is 5.97 Å². The summed E-state index contributed by atoms with van der Waals surface area (Å²) < 4.78 is 4.91. The molecule has 3 heteroatoms. The van der Waals surface area contributed by atoms with Crippen LogP contribution in [0.4, 0.5) is 5.69 Å². The number of esters is 1. The van der Waals surface area contributed by atoms with E-state index in [1.165, 1.54) is 11.1 Å². The summed E-state index contributed by atoms with van der Waals surface area (Å²) in [6.45, 7) is 7.12. The molecule has 1 aromatic rings. The Bertz CT molecular complexity index is 368. The van der Waals surface area contributed by atoms with E-state index < -0.39 is 0 Å². The maximum absolute atomic E-state index is 11.3. The van der Waals surface area contributed by atoms with Crippen LogP contribution in [-0.2, 0) is 9.53 Å². The van der Waals surface area contributed by atoms with Crippen LogP contribution in [-0.4, -0.2) is 26.2 Å². The van der Waals surface area contributed by atoms with Crippen LogP contribution >= 0.6 is 0 Å². The number of ether oxygens (including phenoxy) is 1. The number of anilines is 1. The molecule has 94 valence electrons. The van der Waals surface area contributed by atoms with E-state index >= 15 is 0 Å². The Balaban J connectivity index is 2.57. The Morgan fingerprint density at radius 1 is 1.24 bits per heavy atom. The second-order valence-electron chi connectivity index (χ2n) is 4.32. The van der Waals surface area contributed by atoms with Gasteiger partial charge in [0.05, 0.1) is 13.0 Å². The highest BCUT2D eigenvalue weighted by Crippen LogP contribution is 2.17. The molecule has 0 spiro atoms. The van der Waals surface area contributed by atoms with Crippen molar-refractivity contribution in [2.75, 3.05) is 25.1 Å². The summed E-state index contributed by atoms with van der Waals surface area (Å²) >= 11 is 0. The van der Waals surface area contributed by atoms with E-state index in [4.69, 9.17) is 4.74 Å². The van der Waals surface area contributed by atoms with Crippen molar-refractivity contribution in [3.05, 3.63) is 29.3 Å². The fourth-order valence-corrected chi connectivity index (χ4v) is 1.79. The molecular weight excluding hydrogens is 214 g/mol. The first-order valence-electron chi connectivity index (χ1n) is 5.98. The molecule has 0 fully saturated rings. The largest absolute Gasteiger partial charge is 0.466 e. The predicted octanol–water partition coefficient (Wildman–Crippen LogP) is 2.69. The van der Waals surface area contributed by atoms with E-state index in [2.05, 4.69) is 36.9 Å². The standard InChI is InChI=1S/C14H21NO2/c1-5-17-14(16)6-7-15(4)13-9-11(2)8-12(3)10-13/h8-10H,5-7H2,1-4H3. The Morgan fingerprint density at radius 3 is 2.35 bits per heavy atom. The molecule has 0 bridgehead atoms. The fourth-order valence-electron chi connectivity index (χ4n) is 1.79. The first kappa shape index (κ1) is 13.6. The third kappa shape index (κ3) is 4.47. The zero-order valence-electron chi connectivity index (χ0n) is 11.1. The SMILES string of the molecule is CCOC(=O)CCN(C)c1cc(C)cc(C)c1. The summed E-state index contributed by atoms with van der Waals surface area (Å²) in [6.07, 6.45) is 0.428. The molecule has 0 saturated carbocycles. The lowest BCUT2D eigenvalue weighted by Gasteiger charge is -2.19. The molecule has 0 unspecified atom stereocenters. The molecule has 17 heavy (non-hydrogen) atoms. The number of hydrogen-bond donors (Lipinski definition) is 0. The summed E-state index contributed by atoms with van der Waals surface area (Å²) in [5, 5.41) is 0. The van der Waals surface area contributed by atoms with Gasteiger partial charge in [0.1, 0.15) is 0 Å². The highest BCUT2D eigenvalue weighted by atomic mass is 16.5. The van der Waals surface area contributed by atoms with Gasteiger partial charge in [0, 0.05) is 19.3 Å². The van der Waals surface area contributed by atoms with Crippen molar-refractivity contribution in [3.8, 4) is 0 Å². The van der Waals surface area contributed by atoms with Gasteiger partial charge in [-0.25, -0.2) is 0 Å². The molecular formula is C14H21NO2. The van der Waals surface area contributed by atoms with Gasteiger partial charge in [0.2, 0.25) is 0 Å². The molecule has 0 heterocycles. The molecule has 0 aliphatic heterocycles. The van der Waals surface area contributed by atoms with Gasteiger partial charge in [-0.3, -0.25) is 4.79 Å². The normalized spacial score (nSPS) is 10.1. The molecule has 0 amide bonds. The molecule has 0 N–H and O–H groups in total. The summed E-state index contributed by atoms with van der Waals surface area (Å²) in [7, 11) is 1.99. The molecule has 0 saturated heterocycles. The number of rotatable bonds is 5. The Kier molecular flexibility index (Phi) is 5.01. The second-order valence-corrected chi connectivity index (χ2v) is 4.32. The van der Waals surface area contributed by atoms with Crippen molar-refractivity contribution in [3.63, 3.8) is 0 Å². The summed E-state index contributed by atoms with van der Waals surface area (Å²) in [5.41, 5.74) is 3.62. The predicted molar refractivity (Wildman–Crippen MR) is 70.4 cm³/mol. The van der Waals surface area contributed by atoms with E-state index in [1.54, 1.807) is 0 Å². The van der Waals surface area contributed by atoms with Crippen molar-refractivity contribution >= 4 is 11.7 Å². The van der Waals surface area contributed by atoms with E-state index in [9.17, 15) is 4.79 Å². The van der Waals surface area contributed by atoms with Crippen LogP contribution in [0.25, 0.3) is 0 Å². The molecule has 0 radical (unpaired) electrons. The number of nitrogens with zero attached hydrogens (tertiary/aromatic N) is 1. The Labute approximate surface area is 103 Å². The van der Waals surface area contributed by atoms with Crippen molar-refractivity contribution in [1.82, 2.24) is 0 Å². The van der Waals surface area contributed by atoms with Crippen molar-refractivity contribution in [1.29, 1.82) is 0 Å². The molecule has 0 atom stereocenters. The third-order valence-electron chi connectivity index (χ3n) is 2.60. The highest BCUT2D eigenvalue weighted by Gasteiger charge is 2.06. The quantitative estimate of drug-likeness (QED) is 0.735. The zero-order chi connectivity index (χ0) is 12.8. The number of aryl methyl sites for hydroxylation is 2. The van der Waals surface area contributed by atoms with Gasteiger partial charge in [0.25, 0.3) is 0 Å². The van der Waals surface area contributed by atoms with Gasteiger partial charge < -0.3 is 9.64 Å². The van der Waals surface area contributed by atoms with Crippen LogP contribution in [0, 0.1) is 13.8 Å². The molecule has 0 aromatic heterocycles. The summed E-state index contributed by atoms with van der Waals surface area (Å²) in [6, 6.07) is 6.39. The first-order valence-corrected chi connectivity index (χ1v) is 5.98. The molecule has 0 aliphatic carbocycles. The maximum Gasteiger partial charge on any atom is 0.307 e. The number of carbonyl (C=O) groups is 1. The third-order valence-corrected chi connectivity index (χ3v) is 2.60. The second kappa shape index (κ2) is 6.28. The van der Waals surface area contributed by atoms with Gasteiger partial charge in [-0.2, -0.15) is 0 Å². The number of hydrogen-bond acceptors (Lipinski definition) is 3. The van der Waals surface area contributed by atoms with Crippen LogP contribution < -0.4 is 4.90 Å². The van der Waals surface area contributed by atoms with E-state index in [-0.39, 0.29) is 5.97 Å². The number of benzene rings is 1. The molecule has 1 aromatic carbocycles.